The van der Waals surface area contributed by atoms with E-state index in [0.717, 1.165) is 25.7 Å². The fourth-order valence-corrected chi connectivity index (χ4v) is 10.6. The van der Waals surface area contributed by atoms with Gasteiger partial charge in [0.1, 0.15) is 0 Å². The van der Waals surface area contributed by atoms with E-state index < -0.39 is 58.4 Å². The maximum absolute atomic E-state index is 15.4. The molecule has 0 unspecified atom stereocenters. The highest BCUT2D eigenvalue weighted by Gasteiger charge is 2.70. The number of imide groups is 2. The fraction of sp³-hybridized carbons (Fsp3) is 0.318. The molecule has 4 amide bonds. The Kier molecular flexibility index (Phi) is 8.54. The second-order valence-corrected chi connectivity index (χ2v) is 15.7. The molecule has 3 heterocycles. The Hall–Kier alpha value is -5.12. The van der Waals surface area contributed by atoms with E-state index in [4.69, 9.17) is 11.6 Å². The number of hydrogen-bond acceptors (Lipinski definition) is 6. The van der Waals surface area contributed by atoms with E-state index in [1.54, 1.807) is 54.6 Å². The quantitative estimate of drug-likeness (QED) is 0.169. The number of anilines is 1. The summed E-state index contributed by atoms with van der Waals surface area (Å²) in [6.45, 7) is 2.29. The van der Waals surface area contributed by atoms with E-state index in [1.165, 1.54) is 21.4 Å². The number of fused-ring (bicyclic) bond motifs is 4. The van der Waals surface area contributed by atoms with E-state index in [2.05, 4.69) is 17.0 Å². The minimum atomic E-state index is -1.60. The number of nitrogens with zero attached hydrogens (tertiary/aromatic N) is 3. The fourth-order valence-electron chi connectivity index (χ4n) is 10.4. The first-order valence-corrected chi connectivity index (χ1v) is 19.1. The number of rotatable bonds is 6. The first-order valence-electron chi connectivity index (χ1n) is 18.7. The minimum Gasteiger partial charge on any atom is -0.505 e. The number of piperidine rings is 1. The van der Waals surface area contributed by atoms with Crippen molar-refractivity contribution in [1.29, 1.82) is 0 Å². The number of amides is 4. The van der Waals surface area contributed by atoms with E-state index in [1.807, 2.05) is 30.3 Å². The number of likely N-dealkylation sites (tertiary alicyclic amines) is 2. The van der Waals surface area contributed by atoms with E-state index >= 15 is 9.18 Å². The predicted octanol–water partition coefficient (Wildman–Crippen LogP) is 7.01. The molecule has 54 heavy (non-hydrogen) atoms. The largest absolute Gasteiger partial charge is 0.505 e. The van der Waals surface area contributed by atoms with E-state index in [0.29, 0.717) is 34.7 Å². The van der Waals surface area contributed by atoms with Crippen LogP contribution in [0.25, 0.3) is 0 Å². The molecule has 3 aliphatic heterocycles. The van der Waals surface area contributed by atoms with Crippen LogP contribution in [0.1, 0.15) is 48.3 Å². The van der Waals surface area contributed by atoms with Crippen LogP contribution in [0.5, 0.6) is 5.75 Å². The van der Waals surface area contributed by atoms with Crippen molar-refractivity contribution < 1.29 is 28.7 Å². The van der Waals surface area contributed by atoms with E-state index in [9.17, 15) is 19.5 Å². The highest BCUT2D eigenvalue weighted by molar-refractivity contribution is 6.32. The standard InChI is InChI=1S/C44H39ClFN3O5/c45-28-13-7-14-30(23-28)49-41(52)35-24-34-31(38(33-15-8-16-36(46)39(33)50)44(35,43(49)54)27-11-5-2-6-12-27)17-18-32-37(34)42(53)48(40(32)51)29-19-21-47(22-20-29)25-26-9-3-1-4-10-26/h1-17,23,29,32,34-35,37-38,50H,18-22,24-25H2/t32-,34+,35-,37-,38+,44+/m0/s1. The number of hydrogen-bond donors (Lipinski definition) is 1. The van der Waals surface area contributed by atoms with Crippen molar-refractivity contribution in [3.05, 3.63) is 142 Å². The Labute approximate surface area is 317 Å². The van der Waals surface area contributed by atoms with Gasteiger partial charge in [-0.1, -0.05) is 102 Å². The summed E-state index contributed by atoms with van der Waals surface area (Å²) in [5.74, 6) is -6.88. The van der Waals surface area contributed by atoms with Crippen LogP contribution >= 0.6 is 11.6 Å². The maximum atomic E-state index is 15.4. The third-order valence-electron chi connectivity index (χ3n) is 12.7. The van der Waals surface area contributed by atoms with Crippen LogP contribution < -0.4 is 4.90 Å². The summed E-state index contributed by atoms with van der Waals surface area (Å²) in [5, 5.41) is 11.8. The maximum Gasteiger partial charge on any atom is 0.246 e. The molecular weight excluding hydrogens is 705 g/mol. The van der Waals surface area contributed by atoms with Gasteiger partial charge in [-0.2, -0.15) is 0 Å². The average Bonchev–Trinajstić information content (AvgIpc) is 3.58. The molecule has 1 N–H and O–H groups in total. The number of allylic oxidation sites excluding steroid dienone is 2. The highest BCUT2D eigenvalue weighted by Crippen LogP contribution is 2.65. The van der Waals surface area contributed by atoms with Crippen LogP contribution in [0, 0.1) is 29.5 Å². The zero-order valence-corrected chi connectivity index (χ0v) is 30.2. The van der Waals surface area contributed by atoms with E-state index in [-0.39, 0.29) is 36.3 Å². The lowest BCUT2D eigenvalue weighted by Crippen LogP contribution is -2.53. The smallest absolute Gasteiger partial charge is 0.246 e. The number of para-hydroxylation sites is 1. The van der Waals surface area contributed by atoms with Crippen molar-refractivity contribution in [3.63, 3.8) is 0 Å². The SMILES string of the molecule is O=C1[C@@H]2C[C@@H]3C(=CC[C@@H]4C(=O)N(C5CCN(Cc6ccccc6)CC5)C(=O)[C@@H]43)[C@H](c3cccc(F)c3O)[C@]2(c2ccccc2)C(=O)N1c1cccc(Cl)c1. The average molecular weight is 744 g/mol. The van der Waals surface area contributed by atoms with Crippen molar-refractivity contribution in [2.45, 2.75) is 49.6 Å². The molecule has 0 radical (unpaired) electrons. The lowest BCUT2D eigenvalue weighted by Gasteiger charge is -2.50. The van der Waals surface area contributed by atoms with Gasteiger partial charge < -0.3 is 5.11 Å². The van der Waals surface area contributed by atoms with Crippen molar-refractivity contribution in [1.82, 2.24) is 9.80 Å². The molecule has 9 rings (SSSR count). The zero-order valence-electron chi connectivity index (χ0n) is 29.5. The van der Waals surface area contributed by atoms with Gasteiger partial charge in [0.25, 0.3) is 0 Å². The number of phenolic OH excluding ortho intramolecular Hbond substituents is 1. The van der Waals surface area contributed by atoms with Gasteiger partial charge in [-0.05, 0) is 67.0 Å². The number of benzene rings is 4. The summed E-state index contributed by atoms with van der Waals surface area (Å²) >= 11 is 6.39. The molecule has 0 spiro atoms. The molecule has 5 aliphatic rings. The number of carbonyl (C=O) groups is 4. The van der Waals surface area contributed by atoms with Crippen LogP contribution in [0.15, 0.2) is 115 Å². The molecule has 4 aromatic carbocycles. The van der Waals surface area contributed by atoms with Gasteiger partial charge >= 0.3 is 0 Å². The molecule has 10 heteroatoms. The Balaban J connectivity index is 1.13. The lowest BCUT2D eigenvalue weighted by atomic mass is 9.49. The summed E-state index contributed by atoms with van der Waals surface area (Å²) in [4.78, 5) is 64.2. The topological polar surface area (TPSA) is 98.2 Å². The Bertz CT molecular complexity index is 2210. The number of aromatic hydroxyl groups is 1. The second-order valence-electron chi connectivity index (χ2n) is 15.3. The molecule has 8 nitrogen and oxygen atoms in total. The predicted molar refractivity (Wildman–Crippen MR) is 201 cm³/mol. The van der Waals surface area contributed by atoms with Crippen LogP contribution in [0.3, 0.4) is 0 Å². The Morgan fingerprint density at radius 2 is 1.50 bits per heavy atom. The Morgan fingerprint density at radius 3 is 2.22 bits per heavy atom. The minimum absolute atomic E-state index is 0.124. The molecule has 6 atom stereocenters. The number of halogens is 2. The van der Waals surface area contributed by atoms with Crippen molar-refractivity contribution in [2.24, 2.45) is 23.7 Å². The molecule has 1 saturated carbocycles. The van der Waals surface area contributed by atoms with Crippen molar-refractivity contribution in [3.8, 4) is 5.75 Å². The van der Waals surface area contributed by atoms with Crippen LogP contribution in [-0.4, -0.2) is 57.7 Å². The molecule has 3 saturated heterocycles. The Morgan fingerprint density at radius 1 is 0.796 bits per heavy atom. The van der Waals surface area contributed by atoms with Gasteiger partial charge in [0.05, 0.1) is 28.9 Å². The summed E-state index contributed by atoms with van der Waals surface area (Å²) in [6, 6.07) is 29.8. The highest BCUT2D eigenvalue weighted by atomic mass is 35.5. The molecule has 274 valence electrons. The number of carbonyl (C=O) groups excluding carboxylic acids is 4. The first kappa shape index (κ1) is 34.6. The van der Waals surface area contributed by atoms with Crippen molar-refractivity contribution in [2.75, 3.05) is 18.0 Å². The van der Waals surface area contributed by atoms with Crippen LogP contribution in [0.2, 0.25) is 5.02 Å². The monoisotopic (exact) mass is 743 g/mol. The first-order chi connectivity index (χ1) is 26.2. The lowest BCUT2D eigenvalue weighted by molar-refractivity contribution is -0.144. The molecule has 4 fully saturated rings. The van der Waals surface area contributed by atoms with Crippen LogP contribution in [0.4, 0.5) is 10.1 Å². The normalized spacial score (nSPS) is 28.6. The third kappa shape index (κ3) is 5.19. The summed E-state index contributed by atoms with van der Waals surface area (Å²) in [5.41, 5.74) is 1.30. The number of phenols is 1. The summed E-state index contributed by atoms with van der Waals surface area (Å²) < 4.78 is 15.4. The van der Waals surface area contributed by atoms with Gasteiger partial charge in [0, 0.05) is 42.2 Å². The van der Waals surface area contributed by atoms with Gasteiger partial charge in [-0.3, -0.25) is 29.0 Å². The van der Waals surface area contributed by atoms with Gasteiger partial charge in [0.15, 0.2) is 11.6 Å². The van der Waals surface area contributed by atoms with Crippen LogP contribution in [-0.2, 0) is 31.1 Å². The molecule has 0 bridgehead atoms. The third-order valence-corrected chi connectivity index (χ3v) is 12.9. The summed E-state index contributed by atoms with van der Waals surface area (Å²) in [7, 11) is 0. The second kappa shape index (κ2) is 13.3. The zero-order chi connectivity index (χ0) is 37.3. The van der Waals surface area contributed by atoms with Gasteiger partial charge in [0.2, 0.25) is 23.6 Å². The molecule has 4 aromatic rings. The summed E-state index contributed by atoms with van der Waals surface area (Å²) in [6.07, 6.45) is 3.63. The van der Waals surface area contributed by atoms with Gasteiger partial charge in [-0.15, -0.1) is 0 Å². The van der Waals surface area contributed by atoms with Crippen molar-refractivity contribution >= 4 is 40.9 Å². The molecule has 2 aliphatic carbocycles. The molecular formula is C44H39ClFN3O5. The van der Waals surface area contributed by atoms with Gasteiger partial charge in [-0.25, -0.2) is 9.29 Å². The molecule has 0 aromatic heterocycles.